The average molecular weight is 160 g/mol. The molecule has 1 heterocycles. The van der Waals surface area contributed by atoms with Crippen LogP contribution in [0.15, 0.2) is 24.3 Å². The van der Waals surface area contributed by atoms with E-state index in [4.69, 9.17) is 0 Å². The molecule has 0 saturated carbocycles. The van der Waals surface area contributed by atoms with Crippen molar-refractivity contribution in [1.29, 1.82) is 0 Å². The van der Waals surface area contributed by atoms with Crippen LogP contribution in [-0.2, 0) is 0 Å². The second-order valence-corrected chi connectivity index (χ2v) is 3.45. The first-order valence-corrected chi connectivity index (χ1v) is 4.60. The summed E-state index contributed by atoms with van der Waals surface area (Å²) in [5.41, 5.74) is 1.32. The van der Waals surface area contributed by atoms with Crippen LogP contribution in [0, 0.1) is 6.07 Å². The van der Waals surface area contributed by atoms with Crippen molar-refractivity contribution in [2.75, 3.05) is 11.4 Å². The highest BCUT2D eigenvalue weighted by Crippen LogP contribution is 2.24. The third kappa shape index (κ3) is 1.31. The zero-order valence-electron chi connectivity index (χ0n) is 7.46. The number of hydrogen-bond donors (Lipinski definition) is 0. The van der Waals surface area contributed by atoms with Gasteiger partial charge in [-0.1, -0.05) is 12.1 Å². The van der Waals surface area contributed by atoms with Crippen molar-refractivity contribution in [3.8, 4) is 0 Å². The van der Waals surface area contributed by atoms with Crippen LogP contribution >= 0.6 is 0 Å². The molecule has 1 heteroatoms. The monoisotopic (exact) mass is 160 g/mol. The predicted octanol–water partition coefficient (Wildman–Crippen LogP) is 2.48. The molecule has 0 aliphatic carbocycles. The summed E-state index contributed by atoms with van der Waals surface area (Å²) >= 11 is 0. The molecule has 2 rings (SSSR count). The first-order valence-electron chi connectivity index (χ1n) is 4.60. The van der Waals surface area contributed by atoms with Gasteiger partial charge in [0.25, 0.3) is 0 Å². The standard InChI is InChI=1S/C11H14N/c1-10-6-5-9-12(10)11-7-3-2-4-8-11/h2-3,7-8,10H,5-6,9H2,1H3/t10-/m1/s1. The summed E-state index contributed by atoms with van der Waals surface area (Å²) in [6, 6.07) is 12.1. The van der Waals surface area contributed by atoms with Gasteiger partial charge in [0.05, 0.1) is 0 Å². The van der Waals surface area contributed by atoms with Gasteiger partial charge in [0.15, 0.2) is 0 Å². The van der Waals surface area contributed by atoms with Gasteiger partial charge < -0.3 is 4.90 Å². The van der Waals surface area contributed by atoms with Crippen LogP contribution in [0.3, 0.4) is 0 Å². The van der Waals surface area contributed by atoms with E-state index in [0.29, 0.717) is 6.04 Å². The molecule has 0 aromatic heterocycles. The van der Waals surface area contributed by atoms with Crippen LogP contribution in [-0.4, -0.2) is 12.6 Å². The van der Waals surface area contributed by atoms with E-state index in [1.54, 1.807) is 0 Å². The lowest BCUT2D eigenvalue weighted by Gasteiger charge is -2.23. The molecule has 1 atom stereocenters. The molecule has 1 nitrogen and oxygen atoms in total. The minimum absolute atomic E-state index is 0.709. The SMILES string of the molecule is C[C@@H]1CCCN1c1c[c]ccc1. The van der Waals surface area contributed by atoms with Crippen LogP contribution in [0.2, 0.25) is 0 Å². The third-order valence-electron chi connectivity index (χ3n) is 2.58. The first kappa shape index (κ1) is 7.66. The highest BCUT2D eigenvalue weighted by atomic mass is 15.2. The van der Waals surface area contributed by atoms with Gasteiger partial charge in [-0.25, -0.2) is 0 Å². The highest BCUT2D eigenvalue weighted by molar-refractivity contribution is 5.47. The van der Waals surface area contributed by atoms with Gasteiger partial charge in [-0.2, -0.15) is 0 Å². The van der Waals surface area contributed by atoms with Crippen molar-refractivity contribution in [3.63, 3.8) is 0 Å². The van der Waals surface area contributed by atoms with Crippen LogP contribution in [0.25, 0.3) is 0 Å². The summed E-state index contributed by atoms with van der Waals surface area (Å²) in [6.45, 7) is 3.50. The Labute approximate surface area is 74.0 Å². The Kier molecular flexibility index (Phi) is 2.03. The van der Waals surface area contributed by atoms with Crippen LogP contribution in [0.4, 0.5) is 5.69 Å². The van der Waals surface area contributed by atoms with Gasteiger partial charge in [-0.05, 0) is 38.0 Å². The average Bonchev–Trinajstić information content (AvgIpc) is 2.53. The van der Waals surface area contributed by atoms with E-state index in [0.717, 1.165) is 0 Å². The van der Waals surface area contributed by atoms with E-state index >= 15 is 0 Å². The molecule has 63 valence electrons. The molecule has 1 aromatic carbocycles. The fraction of sp³-hybridized carbons (Fsp3) is 0.455. The lowest BCUT2D eigenvalue weighted by molar-refractivity contribution is 0.735. The molecular formula is C11H14N. The molecule has 0 spiro atoms. The van der Waals surface area contributed by atoms with Crippen LogP contribution in [0.5, 0.6) is 0 Å². The predicted molar refractivity (Wildman–Crippen MR) is 51.3 cm³/mol. The molecule has 0 amide bonds. The molecular weight excluding hydrogens is 146 g/mol. The zero-order valence-corrected chi connectivity index (χ0v) is 7.46. The molecule has 1 aliphatic heterocycles. The Hall–Kier alpha value is -0.980. The van der Waals surface area contributed by atoms with Crippen molar-refractivity contribution in [2.45, 2.75) is 25.8 Å². The van der Waals surface area contributed by atoms with E-state index < -0.39 is 0 Å². The summed E-state index contributed by atoms with van der Waals surface area (Å²) in [6.07, 6.45) is 2.66. The minimum Gasteiger partial charge on any atom is -0.369 e. The third-order valence-corrected chi connectivity index (χ3v) is 2.58. The van der Waals surface area contributed by atoms with Gasteiger partial charge >= 0.3 is 0 Å². The Morgan fingerprint density at radius 1 is 1.58 bits per heavy atom. The Bertz CT molecular complexity index is 242. The topological polar surface area (TPSA) is 3.24 Å². The quantitative estimate of drug-likeness (QED) is 0.610. The van der Waals surface area contributed by atoms with E-state index in [9.17, 15) is 0 Å². The number of anilines is 1. The van der Waals surface area contributed by atoms with Gasteiger partial charge in [0, 0.05) is 18.3 Å². The number of hydrogen-bond acceptors (Lipinski definition) is 1. The maximum absolute atomic E-state index is 3.12. The summed E-state index contributed by atoms with van der Waals surface area (Å²) in [7, 11) is 0. The molecule has 1 radical (unpaired) electrons. The van der Waals surface area contributed by atoms with E-state index in [-0.39, 0.29) is 0 Å². The number of benzene rings is 1. The van der Waals surface area contributed by atoms with Gasteiger partial charge in [-0.15, -0.1) is 0 Å². The second kappa shape index (κ2) is 3.18. The summed E-state index contributed by atoms with van der Waals surface area (Å²) in [5, 5.41) is 0. The molecule has 1 saturated heterocycles. The van der Waals surface area contributed by atoms with Gasteiger partial charge in [-0.3, -0.25) is 0 Å². The molecule has 0 N–H and O–H groups in total. The van der Waals surface area contributed by atoms with Crippen molar-refractivity contribution in [1.82, 2.24) is 0 Å². The number of rotatable bonds is 1. The molecule has 0 bridgehead atoms. The molecule has 0 unspecified atom stereocenters. The van der Waals surface area contributed by atoms with Crippen molar-refractivity contribution in [2.24, 2.45) is 0 Å². The van der Waals surface area contributed by atoms with E-state index in [1.807, 2.05) is 6.07 Å². The fourth-order valence-electron chi connectivity index (χ4n) is 1.88. The van der Waals surface area contributed by atoms with Gasteiger partial charge in [0.2, 0.25) is 0 Å². The van der Waals surface area contributed by atoms with Crippen LogP contribution in [0.1, 0.15) is 19.8 Å². The lowest BCUT2D eigenvalue weighted by atomic mass is 10.2. The Balaban J connectivity index is 2.19. The molecule has 12 heavy (non-hydrogen) atoms. The summed E-state index contributed by atoms with van der Waals surface area (Å²) in [4.78, 5) is 2.45. The summed E-state index contributed by atoms with van der Waals surface area (Å²) in [5.74, 6) is 0. The van der Waals surface area contributed by atoms with E-state index in [2.05, 4.69) is 36.1 Å². The second-order valence-electron chi connectivity index (χ2n) is 3.45. The molecule has 1 aromatic rings. The Morgan fingerprint density at radius 2 is 2.50 bits per heavy atom. The van der Waals surface area contributed by atoms with E-state index in [1.165, 1.54) is 25.1 Å². The normalized spacial score (nSPS) is 23.1. The number of nitrogens with zero attached hydrogens (tertiary/aromatic N) is 1. The molecule has 1 fully saturated rings. The minimum atomic E-state index is 0.709. The highest BCUT2D eigenvalue weighted by Gasteiger charge is 2.19. The zero-order chi connectivity index (χ0) is 8.39. The van der Waals surface area contributed by atoms with Crippen molar-refractivity contribution in [3.05, 3.63) is 30.3 Å². The maximum atomic E-state index is 3.12. The first-order chi connectivity index (χ1) is 5.88. The smallest absolute Gasteiger partial charge is 0.0374 e. The van der Waals surface area contributed by atoms with Crippen molar-refractivity contribution >= 4 is 5.69 Å². The summed E-state index contributed by atoms with van der Waals surface area (Å²) < 4.78 is 0. The Morgan fingerprint density at radius 3 is 3.08 bits per heavy atom. The lowest BCUT2D eigenvalue weighted by Crippen LogP contribution is -2.25. The molecule has 1 aliphatic rings. The van der Waals surface area contributed by atoms with Gasteiger partial charge in [0.1, 0.15) is 0 Å². The fourth-order valence-corrected chi connectivity index (χ4v) is 1.88. The van der Waals surface area contributed by atoms with Crippen LogP contribution < -0.4 is 4.90 Å². The maximum Gasteiger partial charge on any atom is 0.0374 e. The van der Waals surface area contributed by atoms with Crippen molar-refractivity contribution < 1.29 is 0 Å². The largest absolute Gasteiger partial charge is 0.369 e.